The molecule has 2 aliphatic rings. The third-order valence-corrected chi connectivity index (χ3v) is 5.52. The molecule has 0 spiro atoms. The second-order valence-corrected chi connectivity index (χ2v) is 7.66. The van der Waals surface area contributed by atoms with E-state index in [1.165, 1.54) is 5.56 Å². The zero-order valence-corrected chi connectivity index (χ0v) is 18.7. The molecule has 3 rings (SSSR count). The summed E-state index contributed by atoms with van der Waals surface area (Å²) in [7, 11) is 1.67. The molecule has 2 fully saturated rings. The normalized spacial score (nSPS) is 22.2. The van der Waals surface area contributed by atoms with Crippen molar-refractivity contribution < 1.29 is 18.9 Å². The highest BCUT2D eigenvalue weighted by molar-refractivity contribution is 5.80. The number of aryl methyl sites for hydroxylation is 1. The highest BCUT2D eigenvalue weighted by atomic mass is 16.5. The molecule has 2 aliphatic heterocycles. The Balaban J connectivity index is 1.54. The van der Waals surface area contributed by atoms with Crippen LogP contribution in [0.3, 0.4) is 0 Å². The van der Waals surface area contributed by atoms with Gasteiger partial charge in [-0.2, -0.15) is 0 Å². The van der Waals surface area contributed by atoms with E-state index >= 15 is 0 Å². The Morgan fingerprint density at radius 2 is 2.07 bits per heavy atom. The Kier molecular flexibility index (Phi) is 9.08. The minimum atomic E-state index is 0.140. The van der Waals surface area contributed by atoms with Crippen molar-refractivity contribution in [2.75, 3.05) is 53.1 Å². The first-order chi connectivity index (χ1) is 14.7. The topological polar surface area (TPSA) is 64.6 Å². The maximum absolute atomic E-state index is 5.98. The second-order valence-electron chi connectivity index (χ2n) is 7.66. The Morgan fingerprint density at radius 1 is 1.20 bits per heavy atom. The van der Waals surface area contributed by atoms with Gasteiger partial charge in [-0.1, -0.05) is 6.07 Å². The summed E-state index contributed by atoms with van der Waals surface area (Å²) in [6.45, 7) is 9.64. The molecule has 2 unspecified atom stereocenters. The largest absolute Gasteiger partial charge is 0.493 e. The molecule has 0 aromatic heterocycles. The molecule has 2 saturated heterocycles. The molecule has 0 bridgehead atoms. The molecular weight excluding hydrogens is 382 g/mol. The number of nitrogens with one attached hydrogen (secondary N) is 1. The summed E-state index contributed by atoms with van der Waals surface area (Å²) >= 11 is 0. The second kappa shape index (κ2) is 12.0. The molecule has 1 N–H and O–H groups in total. The lowest BCUT2D eigenvalue weighted by molar-refractivity contribution is -0.0817. The number of nitrogens with zero attached hydrogens (tertiary/aromatic N) is 2. The molecule has 1 aromatic carbocycles. The molecule has 0 aliphatic carbocycles. The number of hydrogen-bond donors (Lipinski definition) is 1. The van der Waals surface area contributed by atoms with E-state index in [1.54, 1.807) is 7.11 Å². The predicted octanol–water partition coefficient (Wildman–Crippen LogP) is 2.87. The van der Waals surface area contributed by atoms with Crippen LogP contribution in [0.1, 0.15) is 38.7 Å². The van der Waals surface area contributed by atoms with Crippen LogP contribution in [-0.2, 0) is 15.9 Å². The number of aliphatic imine (C=N–C) groups is 1. The third kappa shape index (κ3) is 6.25. The van der Waals surface area contributed by atoms with Gasteiger partial charge in [0.15, 0.2) is 17.5 Å². The number of benzene rings is 1. The van der Waals surface area contributed by atoms with E-state index in [1.807, 2.05) is 13.0 Å². The maximum atomic E-state index is 5.98. The molecule has 2 atom stereocenters. The van der Waals surface area contributed by atoms with Gasteiger partial charge in [0.2, 0.25) is 0 Å². The van der Waals surface area contributed by atoms with E-state index < -0.39 is 0 Å². The Hall–Kier alpha value is -1.99. The van der Waals surface area contributed by atoms with Crippen molar-refractivity contribution in [3.8, 4) is 11.5 Å². The lowest BCUT2D eigenvalue weighted by Crippen LogP contribution is -2.53. The first kappa shape index (κ1) is 22.7. The standard InChI is InChI=1S/C23H37N3O4/c1-4-24-23(26-13-15-30-22(17-26)20-9-7-14-29-20)25-12-6-8-18-10-11-19(27-3)21(16-18)28-5-2/h10-11,16,20,22H,4-9,12-15,17H2,1-3H3,(H,24,25). The molecule has 7 heteroatoms. The number of ether oxygens (including phenoxy) is 4. The van der Waals surface area contributed by atoms with Gasteiger partial charge in [0.1, 0.15) is 6.10 Å². The van der Waals surface area contributed by atoms with Crippen molar-refractivity contribution in [1.82, 2.24) is 10.2 Å². The number of rotatable bonds is 9. The maximum Gasteiger partial charge on any atom is 0.194 e. The number of hydrogen-bond acceptors (Lipinski definition) is 5. The monoisotopic (exact) mass is 419 g/mol. The minimum Gasteiger partial charge on any atom is -0.493 e. The Morgan fingerprint density at radius 3 is 2.80 bits per heavy atom. The SMILES string of the molecule is CCNC(=NCCCc1ccc(OC)c(OCC)c1)N1CCOC(C2CCCO2)C1. The van der Waals surface area contributed by atoms with Crippen LogP contribution < -0.4 is 14.8 Å². The van der Waals surface area contributed by atoms with Crippen molar-refractivity contribution in [3.63, 3.8) is 0 Å². The van der Waals surface area contributed by atoms with Gasteiger partial charge in [-0.25, -0.2) is 0 Å². The average Bonchev–Trinajstić information content (AvgIpc) is 3.31. The first-order valence-electron chi connectivity index (χ1n) is 11.3. The summed E-state index contributed by atoms with van der Waals surface area (Å²) in [5.74, 6) is 2.57. The van der Waals surface area contributed by atoms with Crippen molar-refractivity contribution in [2.45, 2.75) is 51.7 Å². The summed E-state index contributed by atoms with van der Waals surface area (Å²) in [5.41, 5.74) is 1.24. The van der Waals surface area contributed by atoms with E-state index in [2.05, 4.69) is 29.3 Å². The van der Waals surface area contributed by atoms with Gasteiger partial charge in [0.25, 0.3) is 0 Å². The van der Waals surface area contributed by atoms with Gasteiger partial charge in [0, 0.05) is 32.8 Å². The average molecular weight is 420 g/mol. The van der Waals surface area contributed by atoms with Crippen LogP contribution in [0.25, 0.3) is 0 Å². The molecule has 0 amide bonds. The molecular formula is C23H37N3O4. The summed E-state index contributed by atoms with van der Waals surface area (Å²) < 4.78 is 22.9. The summed E-state index contributed by atoms with van der Waals surface area (Å²) in [6, 6.07) is 6.16. The first-order valence-corrected chi connectivity index (χ1v) is 11.3. The van der Waals surface area contributed by atoms with E-state index in [9.17, 15) is 0 Å². The van der Waals surface area contributed by atoms with Gasteiger partial charge in [0.05, 0.1) is 26.4 Å². The number of morpholine rings is 1. The quantitative estimate of drug-likeness (QED) is 0.377. The molecule has 1 aromatic rings. The lowest BCUT2D eigenvalue weighted by atomic mass is 10.1. The fraction of sp³-hybridized carbons (Fsp3) is 0.696. The van der Waals surface area contributed by atoms with Crippen LogP contribution in [-0.4, -0.2) is 76.2 Å². The third-order valence-electron chi connectivity index (χ3n) is 5.52. The summed E-state index contributed by atoms with van der Waals surface area (Å²) in [6.07, 6.45) is 4.53. The van der Waals surface area contributed by atoms with E-state index in [-0.39, 0.29) is 12.2 Å². The highest BCUT2D eigenvalue weighted by Crippen LogP contribution is 2.28. The van der Waals surface area contributed by atoms with Gasteiger partial charge < -0.3 is 29.2 Å². The van der Waals surface area contributed by atoms with Crippen LogP contribution >= 0.6 is 0 Å². The predicted molar refractivity (Wildman–Crippen MR) is 119 cm³/mol. The smallest absolute Gasteiger partial charge is 0.194 e. The summed E-state index contributed by atoms with van der Waals surface area (Å²) in [5, 5.41) is 3.45. The van der Waals surface area contributed by atoms with Gasteiger partial charge in [-0.15, -0.1) is 0 Å². The Bertz CT molecular complexity index is 676. The molecule has 0 radical (unpaired) electrons. The van der Waals surface area contributed by atoms with Gasteiger partial charge in [-0.3, -0.25) is 4.99 Å². The fourth-order valence-corrected chi connectivity index (χ4v) is 4.03. The van der Waals surface area contributed by atoms with Crippen molar-refractivity contribution in [1.29, 1.82) is 0 Å². The number of guanidine groups is 1. The molecule has 2 heterocycles. The van der Waals surface area contributed by atoms with Crippen molar-refractivity contribution in [2.24, 2.45) is 4.99 Å². The van der Waals surface area contributed by atoms with Crippen molar-refractivity contribution >= 4 is 5.96 Å². The van der Waals surface area contributed by atoms with Crippen LogP contribution in [0.5, 0.6) is 11.5 Å². The molecule has 30 heavy (non-hydrogen) atoms. The fourth-order valence-electron chi connectivity index (χ4n) is 4.03. The van der Waals surface area contributed by atoms with Crippen LogP contribution in [0, 0.1) is 0 Å². The zero-order valence-electron chi connectivity index (χ0n) is 18.7. The lowest BCUT2D eigenvalue weighted by Gasteiger charge is -2.37. The van der Waals surface area contributed by atoms with Gasteiger partial charge in [-0.05, 0) is 57.2 Å². The molecule has 7 nitrogen and oxygen atoms in total. The molecule has 168 valence electrons. The highest BCUT2D eigenvalue weighted by Gasteiger charge is 2.32. The minimum absolute atomic E-state index is 0.140. The van der Waals surface area contributed by atoms with Crippen LogP contribution in [0.15, 0.2) is 23.2 Å². The van der Waals surface area contributed by atoms with Crippen molar-refractivity contribution in [3.05, 3.63) is 23.8 Å². The van der Waals surface area contributed by atoms with Crippen LogP contribution in [0.4, 0.5) is 0 Å². The number of methoxy groups -OCH3 is 1. The Labute approximate surface area is 180 Å². The summed E-state index contributed by atoms with van der Waals surface area (Å²) in [4.78, 5) is 7.20. The molecule has 0 saturated carbocycles. The van der Waals surface area contributed by atoms with E-state index in [0.717, 1.165) is 82.5 Å². The van der Waals surface area contributed by atoms with E-state index in [4.69, 9.17) is 23.9 Å². The van der Waals surface area contributed by atoms with Crippen LogP contribution in [0.2, 0.25) is 0 Å². The zero-order chi connectivity index (χ0) is 21.2. The van der Waals surface area contributed by atoms with Gasteiger partial charge >= 0.3 is 0 Å². The van der Waals surface area contributed by atoms with E-state index in [0.29, 0.717) is 6.61 Å².